The number of aromatic hydroxyl groups is 1. The Morgan fingerprint density at radius 2 is 2.13 bits per heavy atom. The number of hydrogen-bond acceptors (Lipinski definition) is 3. The van der Waals surface area contributed by atoms with E-state index >= 15 is 0 Å². The molecule has 0 heterocycles. The van der Waals surface area contributed by atoms with Gasteiger partial charge in [-0.15, -0.1) is 0 Å². The summed E-state index contributed by atoms with van der Waals surface area (Å²) in [7, 11) is 3.89. The highest BCUT2D eigenvalue weighted by Gasteiger charge is 2.22. The van der Waals surface area contributed by atoms with Gasteiger partial charge in [0.2, 0.25) is 0 Å². The Morgan fingerprint density at radius 1 is 1.40 bits per heavy atom. The minimum atomic E-state index is 0.224. The van der Waals surface area contributed by atoms with Gasteiger partial charge in [-0.3, -0.25) is 0 Å². The van der Waals surface area contributed by atoms with Crippen molar-refractivity contribution in [3.05, 3.63) is 18.2 Å². The molecular weight excluding hydrogens is 190 g/mol. The summed E-state index contributed by atoms with van der Waals surface area (Å²) in [5.41, 5.74) is 0.978. The molecule has 1 aliphatic carbocycles. The molecule has 1 fully saturated rings. The van der Waals surface area contributed by atoms with Crippen molar-refractivity contribution in [2.24, 2.45) is 5.92 Å². The Balaban J connectivity index is 2.04. The Morgan fingerprint density at radius 3 is 2.67 bits per heavy atom. The zero-order valence-electron chi connectivity index (χ0n) is 9.23. The summed E-state index contributed by atoms with van der Waals surface area (Å²) in [6.07, 6.45) is 2.52. The van der Waals surface area contributed by atoms with Gasteiger partial charge >= 0.3 is 0 Å². The maximum Gasteiger partial charge on any atom is 0.161 e. The van der Waals surface area contributed by atoms with Crippen molar-refractivity contribution in [2.45, 2.75) is 12.8 Å². The molecular formula is C12H17NO2. The number of phenolic OH excluding ortho intramolecular Hbond substituents is 1. The van der Waals surface area contributed by atoms with E-state index < -0.39 is 0 Å². The highest BCUT2D eigenvalue weighted by Crippen LogP contribution is 2.33. The molecule has 0 bridgehead atoms. The van der Waals surface area contributed by atoms with Crippen molar-refractivity contribution in [3.63, 3.8) is 0 Å². The number of benzene rings is 1. The second-order valence-corrected chi connectivity index (χ2v) is 4.30. The molecule has 1 aliphatic rings. The lowest BCUT2D eigenvalue weighted by Crippen LogP contribution is -2.08. The lowest BCUT2D eigenvalue weighted by atomic mass is 10.2. The summed E-state index contributed by atoms with van der Waals surface area (Å²) in [6, 6.07) is 5.50. The molecule has 2 rings (SSSR count). The first-order valence-corrected chi connectivity index (χ1v) is 5.30. The van der Waals surface area contributed by atoms with Crippen LogP contribution in [0, 0.1) is 5.92 Å². The highest BCUT2D eigenvalue weighted by atomic mass is 16.5. The van der Waals surface area contributed by atoms with E-state index in [1.54, 1.807) is 6.07 Å². The van der Waals surface area contributed by atoms with Crippen molar-refractivity contribution in [1.82, 2.24) is 0 Å². The smallest absolute Gasteiger partial charge is 0.161 e. The van der Waals surface area contributed by atoms with Gasteiger partial charge in [-0.1, -0.05) is 0 Å². The molecule has 0 spiro atoms. The second-order valence-electron chi connectivity index (χ2n) is 4.30. The monoisotopic (exact) mass is 207 g/mol. The molecule has 1 saturated carbocycles. The van der Waals surface area contributed by atoms with Crippen LogP contribution in [0.3, 0.4) is 0 Å². The number of anilines is 1. The second kappa shape index (κ2) is 4.01. The summed E-state index contributed by atoms with van der Waals surface area (Å²) in [5.74, 6) is 1.52. The van der Waals surface area contributed by atoms with E-state index in [1.807, 2.05) is 31.1 Å². The van der Waals surface area contributed by atoms with Gasteiger partial charge in [0.15, 0.2) is 11.5 Å². The standard InChI is InChI=1S/C12H17NO2/c1-13(2)10-5-6-12(11(14)7-10)15-8-9-3-4-9/h5-7,9,14H,3-4,8H2,1-2H3. The molecule has 3 nitrogen and oxygen atoms in total. The maximum absolute atomic E-state index is 9.72. The molecule has 1 aromatic rings. The van der Waals surface area contributed by atoms with E-state index in [0.717, 1.165) is 12.3 Å². The fourth-order valence-electron chi connectivity index (χ4n) is 1.40. The predicted molar refractivity (Wildman–Crippen MR) is 60.7 cm³/mol. The van der Waals surface area contributed by atoms with Gasteiger partial charge in [0, 0.05) is 25.8 Å². The minimum absolute atomic E-state index is 0.224. The third kappa shape index (κ3) is 2.55. The van der Waals surface area contributed by atoms with E-state index in [0.29, 0.717) is 11.7 Å². The molecule has 0 aromatic heterocycles. The van der Waals surface area contributed by atoms with E-state index in [9.17, 15) is 5.11 Å². The fourth-order valence-corrected chi connectivity index (χ4v) is 1.40. The van der Waals surface area contributed by atoms with E-state index in [4.69, 9.17) is 4.74 Å². The summed E-state index contributed by atoms with van der Waals surface area (Å²) >= 11 is 0. The van der Waals surface area contributed by atoms with E-state index in [1.165, 1.54) is 12.8 Å². The minimum Gasteiger partial charge on any atom is -0.504 e. The molecule has 82 valence electrons. The Bertz CT molecular complexity index is 345. The number of hydrogen-bond donors (Lipinski definition) is 1. The van der Waals surface area contributed by atoms with Gasteiger partial charge in [-0.25, -0.2) is 0 Å². The van der Waals surface area contributed by atoms with Crippen molar-refractivity contribution < 1.29 is 9.84 Å². The van der Waals surface area contributed by atoms with Crippen LogP contribution in [-0.2, 0) is 0 Å². The van der Waals surface area contributed by atoms with Gasteiger partial charge < -0.3 is 14.7 Å². The normalized spacial score (nSPS) is 15.1. The molecule has 0 unspecified atom stereocenters. The lowest BCUT2D eigenvalue weighted by molar-refractivity contribution is 0.284. The van der Waals surface area contributed by atoms with Crippen LogP contribution in [0.2, 0.25) is 0 Å². The Kier molecular flexibility index (Phi) is 2.71. The quantitative estimate of drug-likeness (QED) is 0.822. The summed E-state index contributed by atoms with van der Waals surface area (Å²) < 4.78 is 5.53. The number of nitrogens with zero attached hydrogens (tertiary/aromatic N) is 1. The van der Waals surface area contributed by atoms with Crippen molar-refractivity contribution in [3.8, 4) is 11.5 Å². The van der Waals surface area contributed by atoms with Crippen LogP contribution in [0.1, 0.15) is 12.8 Å². The molecule has 0 atom stereocenters. The van der Waals surface area contributed by atoms with Crippen LogP contribution >= 0.6 is 0 Å². The van der Waals surface area contributed by atoms with Crippen molar-refractivity contribution in [2.75, 3.05) is 25.6 Å². The fraction of sp³-hybridized carbons (Fsp3) is 0.500. The van der Waals surface area contributed by atoms with Gasteiger partial charge in [-0.05, 0) is 30.9 Å². The van der Waals surface area contributed by atoms with E-state index in [2.05, 4.69) is 0 Å². The van der Waals surface area contributed by atoms with Gasteiger partial charge in [0.1, 0.15) is 0 Å². The van der Waals surface area contributed by atoms with Crippen LogP contribution in [0.15, 0.2) is 18.2 Å². The highest BCUT2D eigenvalue weighted by molar-refractivity contribution is 5.54. The van der Waals surface area contributed by atoms with Crippen molar-refractivity contribution >= 4 is 5.69 Å². The first-order chi connectivity index (χ1) is 7.16. The SMILES string of the molecule is CN(C)c1ccc(OCC2CC2)c(O)c1. The molecule has 3 heteroatoms. The summed E-state index contributed by atoms with van der Waals surface area (Å²) in [5, 5.41) is 9.72. The van der Waals surface area contributed by atoms with Gasteiger partial charge in [-0.2, -0.15) is 0 Å². The number of rotatable bonds is 4. The van der Waals surface area contributed by atoms with E-state index in [-0.39, 0.29) is 5.75 Å². The average Bonchev–Trinajstić information content (AvgIpc) is 2.99. The molecule has 0 amide bonds. The molecule has 15 heavy (non-hydrogen) atoms. The van der Waals surface area contributed by atoms with Crippen LogP contribution < -0.4 is 9.64 Å². The molecule has 0 saturated heterocycles. The van der Waals surface area contributed by atoms with Crippen LogP contribution in [0.4, 0.5) is 5.69 Å². The zero-order valence-corrected chi connectivity index (χ0v) is 9.23. The first-order valence-electron chi connectivity index (χ1n) is 5.30. The molecule has 1 aromatic carbocycles. The molecule has 1 N–H and O–H groups in total. The topological polar surface area (TPSA) is 32.7 Å². The Hall–Kier alpha value is -1.38. The average molecular weight is 207 g/mol. The van der Waals surface area contributed by atoms with Crippen molar-refractivity contribution in [1.29, 1.82) is 0 Å². The number of phenols is 1. The first kappa shape index (κ1) is 10.1. The lowest BCUT2D eigenvalue weighted by Gasteiger charge is -2.14. The van der Waals surface area contributed by atoms with Gasteiger partial charge in [0.25, 0.3) is 0 Å². The zero-order chi connectivity index (χ0) is 10.8. The summed E-state index contributed by atoms with van der Waals surface area (Å²) in [4.78, 5) is 1.95. The largest absolute Gasteiger partial charge is 0.504 e. The molecule has 0 radical (unpaired) electrons. The predicted octanol–water partition coefficient (Wildman–Crippen LogP) is 2.25. The van der Waals surface area contributed by atoms with Gasteiger partial charge in [0.05, 0.1) is 6.61 Å². The van der Waals surface area contributed by atoms with Crippen LogP contribution in [0.5, 0.6) is 11.5 Å². The van der Waals surface area contributed by atoms with Crippen LogP contribution in [0.25, 0.3) is 0 Å². The third-order valence-corrected chi connectivity index (χ3v) is 2.63. The Labute approximate surface area is 90.3 Å². The molecule has 0 aliphatic heterocycles. The maximum atomic E-state index is 9.72. The summed E-state index contributed by atoms with van der Waals surface area (Å²) in [6.45, 7) is 0.731. The number of ether oxygens (including phenoxy) is 1. The van der Waals surface area contributed by atoms with Crippen LogP contribution in [-0.4, -0.2) is 25.8 Å². The third-order valence-electron chi connectivity index (χ3n) is 2.63.